The van der Waals surface area contributed by atoms with E-state index in [0.29, 0.717) is 0 Å². The largest absolute Gasteiger partial charge is 0.335 e. The Morgan fingerprint density at radius 1 is 1.18 bits per heavy atom. The molecule has 1 aliphatic rings. The van der Waals surface area contributed by atoms with Gasteiger partial charge in [-0.15, -0.1) is 6.58 Å². The van der Waals surface area contributed by atoms with Crippen molar-refractivity contribution in [2.75, 3.05) is 21.1 Å². The summed E-state index contributed by atoms with van der Waals surface area (Å²) in [5, 5.41) is 0. The topological polar surface area (TPSA) is 9.72 Å². The summed E-state index contributed by atoms with van der Waals surface area (Å²) in [5.74, 6) is 0. The lowest BCUT2D eigenvalue weighted by Gasteiger charge is -2.41. The molecule has 0 aliphatic carbocycles. The van der Waals surface area contributed by atoms with Gasteiger partial charge in [-0.1, -0.05) is 5.70 Å². The van der Waals surface area contributed by atoms with Crippen LogP contribution in [0, 0.1) is 0 Å². The van der Waals surface area contributed by atoms with Crippen LogP contribution in [-0.2, 0) is 0 Å². The van der Waals surface area contributed by atoms with Gasteiger partial charge in [0.05, 0.1) is 0 Å². The zero-order chi connectivity index (χ0) is 8.43. The van der Waals surface area contributed by atoms with E-state index in [1.807, 2.05) is 0 Å². The molecule has 0 spiro atoms. The van der Waals surface area contributed by atoms with Crippen LogP contribution in [0.5, 0.6) is 0 Å². The highest BCUT2D eigenvalue weighted by atomic mass is 28.4. The van der Waals surface area contributed by atoms with Crippen molar-refractivity contribution in [1.82, 2.24) is 12.7 Å². The summed E-state index contributed by atoms with van der Waals surface area (Å²) in [4.78, 5) is 0. The van der Waals surface area contributed by atoms with E-state index in [1.165, 1.54) is 0 Å². The third-order valence-electron chi connectivity index (χ3n) is 2.04. The molecule has 0 bridgehead atoms. The van der Waals surface area contributed by atoms with E-state index in [9.17, 15) is 0 Å². The fourth-order valence-corrected chi connectivity index (χ4v) is 14.5. The average Bonchev–Trinajstić information content (AvgIpc) is 1.85. The Morgan fingerprint density at radius 3 is 2.00 bits per heavy atom. The van der Waals surface area contributed by atoms with Crippen molar-refractivity contribution in [3.05, 3.63) is 12.3 Å². The predicted octanol–water partition coefficient (Wildman–Crippen LogP) is -2.26. The van der Waals surface area contributed by atoms with E-state index in [-0.39, 0.29) is 19.7 Å². The standard InChI is InChI=1S/C5H17N3Si3/c1-5-11-7(3)9-6(2)10-8(11)4/h5,11H,1,9-10H2,2-4H3. The first-order chi connectivity index (χ1) is 5.15. The van der Waals surface area contributed by atoms with Crippen molar-refractivity contribution in [3.63, 3.8) is 0 Å². The molecule has 0 saturated carbocycles. The van der Waals surface area contributed by atoms with E-state index >= 15 is 0 Å². The van der Waals surface area contributed by atoms with Gasteiger partial charge in [-0.2, -0.15) is 0 Å². The van der Waals surface area contributed by atoms with Gasteiger partial charge in [0, 0.05) is 0 Å². The van der Waals surface area contributed by atoms with Crippen LogP contribution in [0.15, 0.2) is 12.3 Å². The van der Waals surface area contributed by atoms with Crippen LogP contribution in [0.1, 0.15) is 0 Å². The minimum Gasteiger partial charge on any atom is -0.335 e. The smallest absolute Gasteiger partial charge is 0.202 e. The first-order valence-electron chi connectivity index (χ1n) is 3.86. The molecule has 1 heterocycles. The van der Waals surface area contributed by atoms with Gasteiger partial charge >= 0.3 is 0 Å². The van der Waals surface area contributed by atoms with Crippen LogP contribution in [0.4, 0.5) is 0 Å². The summed E-state index contributed by atoms with van der Waals surface area (Å²) in [6, 6.07) is 0. The van der Waals surface area contributed by atoms with Crippen molar-refractivity contribution >= 4 is 28.8 Å². The molecule has 1 saturated heterocycles. The minimum atomic E-state index is -0.820. The van der Waals surface area contributed by atoms with E-state index in [4.69, 9.17) is 0 Å². The fourth-order valence-electron chi connectivity index (χ4n) is 1.67. The molecular weight excluding hydrogens is 186 g/mol. The van der Waals surface area contributed by atoms with Gasteiger partial charge in [-0.25, -0.2) is 0 Å². The van der Waals surface area contributed by atoms with Crippen LogP contribution in [-0.4, -0.2) is 62.6 Å². The molecule has 3 nitrogen and oxygen atoms in total. The van der Waals surface area contributed by atoms with Crippen molar-refractivity contribution in [2.45, 2.75) is 0 Å². The molecule has 0 aromatic rings. The third kappa shape index (κ3) is 2.10. The Bertz CT molecular complexity index is 142. The maximum absolute atomic E-state index is 3.91. The molecule has 0 aromatic heterocycles. The van der Waals surface area contributed by atoms with Gasteiger partial charge in [0.25, 0.3) is 0 Å². The molecule has 0 aromatic carbocycles. The zero-order valence-electron chi connectivity index (χ0n) is 7.62. The Morgan fingerprint density at radius 2 is 1.64 bits per heavy atom. The maximum atomic E-state index is 3.91. The molecule has 11 heavy (non-hydrogen) atoms. The molecule has 6 heteroatoms. The van der Waals surface area contributed by atoms with Crippen LogP contribution < -0.4 is 0 Å². The summed E-state index contributed by atoms with van der Waals surface area (Å²) in [6.45, 7) is 3.91. The fraction of sp³-hybridized carbons (Fsp3) is 0.600. The minimum absolute atomic E-state index is 0.0558. The molecule has 0 N–H and O–H groups in total. The monoisotopic (exact) mass is 203 g/mol. The average molecular weight is 203 g/mol. The molecule has 0 radical (unpaired) electrons. The van der Waals surface area contributed by atoms with Gasteiger partial charge in [0.1, 0.15) is 0 Å². The van der Waals surface area contributed by atoms with Gasteiger partial charge in [-0.05, 0) is 21.1 Å². The highest BCUT2D eigenvalue weighted by molar-refractivity contribution is 6.76. The highest BCUT2D eigenvalue weighted by Crippen LogP contribution is 2.02. The summed E-state index contributed by atoms with van der Waals surface area (Å²) in [6.07, 6.45) is 0. The zero-order valence-corrected chi connectivity index (χ0v) is 11.6. The van der Waals surface area contributed by atoms with Crippen LogP contribution in [0.25, 0.3) is 0 Å². The van der Waals surface area contributed by atoms with Crippen LogP contribution in [0.3, 0.4) is 0 Å². The Balaban J connectivity index is 2.58. The highest BCUT2D eigenvalue weighted by Gasteiger charge is 2.25. The van der Waals surface area contributed by atoms with Crippen LogP contribution in [0.2, 0.25) is 0 Å². The van der Waals surface area contributed by atoms with E-state index in [0.717, 1.165) is 0 Å². The third-order valence-corrected chi connectivity index (χ3v) is 10.6. The van der Waals surface area contributed by atoms with Crippen molar-refractivity contribution in [2.24, 2.45) is 0 Å². The Hall–Kier alpha value is 0.271. The van der Waals surface area contributed by atoms with Gasteiger partial charge in [0.2, 0.25) is 9.12 Å². The van der Waals surface area contributed by atoms with Gasteiger partial charge in [-0.3, -0.25) is 0 Å². The molecule has 1 rings (SSSR count). The number of hydrogen-bond acceptors (Lipinski definition) is 3. The lowest BCUT2D eigenvalue weighted by Crippen LogP contribution is -2.63. The second-order valence-corrected chi connectivity index (χ2v) is 13.4. The van der Waals surface area contributed by atoms with E-state index < -0.39 is 9.12 Å². The van der Waals surface area contributed by atoms with Crippen molar-refractivity contribution in [3.8, 4) is 0 Å². The Labute approximate surface area is 75.4 Å². The predicted molar refractivity (Wildman–Crippen MR) is 57.7 cm³/mol. The normalized spacial score (nSPS) is 35.0. The van der Waals surface area contributed by atoms with Gasteiger partial charge < -0.3 is 12.7 Å². The maximum Gasteiger partial charge on any atom is 0.202 e. The second-order valence-electron chi connectivity index (χ2n) is 3.30. The quantitative estimate of drug-likeness (QED) is 0.446. The molecule has 1 fully saturated rings. The first kappa shape index (κ1) is 9.36. The summed E-state index contributed by atoms with van der Waals surface area (Å²) < 4.78 is 7.72. The van der Waals surface area contributed by atoms with Crippen LogP contribution >= 0.6 is 0 Å². The lowest BCUT2D eigenvalue weighted by molar-refractivity contribution is 0.585. The Kier molecular flexibility index (Phi) is 3.22. The number of rotatable bonds is 1. The molecular formula is C5H17N3Si3. The molecule has 64 valence electrons. The van der Waals surface area contributed by atoms with E-state index in [2.05, 4.69) is 46.1 Å². The second kappa shape index (κ2) is 3.79. The molecule has 0 atom stereocenters. The summed E-state index contributed by atoms with van der Waals surface area (Å²) >= 11 is 0. The summed E-state index contributed by atoms with van der Waals surface area (Å²) in [5.41, 5.74) is 2.19. The number of hydrogen-bond donors (Lipinski definition) is 0. The summed E-state index contributed by atoms with van der Waals surface area (Å²) in [7, 11) is 5.84. The van der Waals surface area contributed by atoms with Gasteiger partial charge in [0.15, 0.2) is 19.7 Å². The number of nitrogens with zero attached hydrogens (tertiary/aromatic N) is 3. The molecule has 1 aliphatic heterocycles. The first-order valence-corrected chi connectivity index (χ1v) is 8.09. The van der Waals surface area contributed by atoms with Crippen molar-refractivity contribution in [1.29, 1.82) is 0 Å². The molecule has 0 unspecified atom stereocenters. The lowest BCUT2D eigenvalue weighted by atomic mass is 11.3. The SMILES string of the molecule is C=C[SiH]1N(C)[SiH2]N(C)[SiH2]N1C. The van der Waals surface area contributed by atoms with Crippen molar-refractivity contribution < 1.29 is 0 Å². The molecule has 0 amide bonds. The van der Waals surface area contributed by atoms with E-state index in [1.54, 1.807) is 0 Å².